The van der Waals surface area contributed by atoms with Gasteiger partial charge in [0, 0.05) is 0 Å². The van der Waals surface area contributed by atoms with Crippen LogP contribution in [0.15, 0.2) is 24.3 Å². The normalized spacial score (nSPS) is 11.0. The van der Waals surface area contributed by atoms with E-state index in [0.29, 0.717) is 4.77 Å². The van der Waals surface area contributed by atoms with E-state index in [4.69, 9.17) is 12.2 Å². The number of rotatable bonds is 2. The number of nitrogens with one attached hydrogen (secondary N) is 2. The largest absolute Gasteiger partial charge is 0.282 e. The molecule has 0 spiro atoms. The van der Waals surface area contributed by atoms with E-state index in [1.807, 2.05) is 12.2 Å². The van der Waals surface area contributed by atoms with E-state index < -0.39 is 0 Å². The Morgan fingerprint density at radius 1 is 1.13 bits per heavy atom. The van der Waals surface area contributed by atoms with Gasteiger partial charge < -0.3 is 0 Å². The van der Waals surface area contributed by atoms with Gasteiger partial charge in [0.25, 0.3) is 0 Å². The van der Waals surface area contributed by atoms with E-state index in [1.165, 1.54) is 5.56 Å². The van der Waals surface area contributed by atoms with Crippen molar-refractivity contribution in [3.8, 4) is 0 Å². The van der Waals surface area contributed by atoms with E-state index in [1.54, 1.807) is 0 Å². The molecule has 0 saturated carbocycles. The molecule has 0 bridgehead atoms. The Bertz CT molecular complexity index is 519. The van der Waals surface area contributed by atoms with Gasteiger partial charge in [-0.2, -0.15) is 0 Å². The van der Waals surface area contributed by atoms with Crippen LogP contribution in [0.2, 0.25) is 0 Å². The van der Waals surface area contributed by atoms with Crippen molar-refractivity contribution in [2.75, 3.05) is 0 Å². The van der Waals surface area contributed by atoms with Crippen LogP contribution in [0, 0.1) is 11.7 Å². The van der Waals surface area contributed by atoms with Crippen molar-refractivity contribution >= 4 is 24.4 Å². The molecule has 3 nitrogen and oxygen atoms in total. The average Bonchev–Trinajstić information content (AvgIpc) is 2.64. The van der Waals surface area contributed by atoms with Gasteiger partial charge in [-0.15, -0.1) is 0 Å². The van der Waals surface area contributed by atoms with Gasteiger partial charge in [-0.25, -0.2) is 4.98 Å². The first-order valence-corrected chi connectivity index (χ1v) is 5.04. The Balaban J connectivity index is 2.18. The molecule has 4 heteroatoms. The van der Waals surface area contributed by atoms with Gasteiger partial charge in [0.05, 0.1) is 0 Å². The minimum Gasteiger partial charge on any atom is -0.282 e. The lowest BCUT2D eigenvalue weighted by molar-refractivity contribution is 1.07. The molecule has 0 amide bonds. The van der Waals surface area contributed by atoms with Gasteiger partial charge >= 0.3 is 0 Å². The summed E-state index contributed by atoms with van der Waals surface area (Å²) in [4.78, 5) is 4.06. The highest BCUT2D eigenvalue weighted by Gasteiger charge is 1.90. The summed E-state index contributed by atoms with van der Waals surface area (Å²) in [5.74, 6) is 0.737. The number of aromatic nitrogens is 3. The van der Waals surface area contributed by atoms with Gasteiger partial charge in [-0.3, -0.25) is 10.2 Å². The van der Waals surface area contributed by atoms with E-state index in [-0.39, 0.29) is 0 Å². The molecular formula is C11H11N3S. The minimum absolute atomic E-state index is 0.471. The Morgan fingerprint density at radius 2 is 1.87 bits per heavy atom. The van der Waals surface area contributed by atoms with Crippen LogP contribution in [0.3, 0.4) is 0 Å². The van der Waals surface area contributed by atoms with Crippen molar-refractivity contribution in [3.63, 3.8) is 0 Å². The van der Waals surface area contributed by atoms with Crippen molar-refractivity contribution in [1.29, 1.82) is 0 Å². The smallest absolute Gasteiger partial charge is 0.213 e. The Hall–Kier alpha value is -1.68. The number of benzene rings is 1. The summed E-state index contributed by atoms with van der Waals surface area (Å²) in [6.07, 6.45) is 3.87. The zero-order valence-corrected chi connectivity index (χ0v) is 9.14. The van der Waals surface area contributed by atoms with Crippen LogP contribution >= 0.6 is 12.2 Å². The molecule has 0 fully saturated rings. The molecular weight excluding hydrogens is 206 g/mol. The fourth-order valence-corrected chi connectivity index (χ4v) is 1.36. The number of aryl methyl sites for hydroxylation is 1. The van der Waals surface area contributed by atoms with Crippen molar-refractivity contribution in [2.45, 2.75) is 6.92 Å². The second-order valence-electron chi connectivity index (χ2n) is 3.30. The van der Waals surface area contributed by atoms with Crippen LogP contribution in [0.1, 0.15) is 17.0 Å². The molecule has 0 atom stereocenters. The first kappa shape index (κ1) is 9.86. The lowest BCUT2D eigenvalue weighted by Crippen LogP contribution is -1.76. The van der Waals surface area contributed by atoms with Crippen molar-refractivity contribution in [3.05, 3.63) is 46.0 Å². The summed E-state index contributed by atoms with van der Waals surface area (Å²) >= 11 is 4.85. The lowest BCUT2D eigenvalue weighted by Gasteiger charge is -1.93. The molecule has 1 aromatic heterocycles. The molecule has 2 rings (SSSR count). The SMILES string of the molecule is Cc1ccc(/C=C/c2nc(=S)[nH][nH]2)cc1. The summed E-state index contributed by atoms with van der Waals surface area (Å²) in [6.45, 7) is 2.07. The summed E-state index contributed by atoms with van der Waals surface area (Å²) in [7, 11) is 0. The zero-order valence-electron chi connectivity index (χ0n) is 8.32. The molecule has 76 valence electrons. The highest BCUT2D eigenvalue weighted by Crippen LogP contribution is 2.06. The second-order valence-corrected chi connectivity index (χ2v) is 3.68. The third kappa shape index (κ3) is 2.63. The molecule has 15 heavy (non-hydrogen) atoms. The van der Waals surface area contributed by atoms with E-state index >= 15 is 0 Å². The first-order valence-electron chi connectivity index (χ1n) is 4.63. The van der Waals surface area contributed by atoms with Gasteiger partial charge in [0.2, 0.25) is 4.77 Å². The third-order valence-corrected chi connectivity index (χ3v) is 2.22. The monoisotopic (exact) mass is 217 g/mol. The quantitative estimate of drug-likeness (QED) is 0.760. The Morgan fingerprint density at radius 3 is 2.47 bits per heavy atom. The van der Waals surface area contributed by atoms with E-state index in [0.717, 1.165) is 11.4 Å². The van der Waals surface area contributed by atoms with Crippen molar-refractivity contribution in [1.82, 2.24) is 15.2 Å². The van der Waals surface area contributed by atoms with E-state index in [2.05, 4.69) is 46.4 Å². The fourth-order valence-electron chi connectivity index (χ4n) is 1.21. The summed E-state index contributed by atoms with van der Waals surface area (Å²) < 4.78 is 0.471. The van der Waals surface area contributed by atoms with Gasteiger partial charge in [-0.05, 0) is 30.8 Å². The third-order valence-electron chi connectivity index (χ3n) is 2.03. The maximum Gasteiger partial charge on any atom is 0.213 e. The zero-order chi connectivity index (χ0) is 10.7. The van der Waals surface area contributed by atoms with Crippen molar-refractivity contribution in [2.24, 2.45) is 0 Å². The standard InChI is InChI=1S/C11H11N3S/c1-8-2-4-9(5-3-8)6-7-10-12-11(15)14-13-10/h2-7H,1H3,(H2,12,13,14,15)/b7-6+. The number of aromatic amines is 2. The molecule has 0 unspecified atom stereocenters. The number of hydrogen-bond donors (Lipinski definition) is 2. The number of H-pyrrole nitrogens is 2. The second kappa shape index (κ2) is 4.23. The number of nitrogens with zero attached hydrogens (tertiary/aromatic N) is 1. The minimum atomic E-state index is 0.471. The molecule has 2 N–H and O–H groups in total. The topological polar surface area (TPSA) is 44.5 Å². The highest BCUT2D eigenvalue weighted by molar-refractivity contribution is 7.71. The molecule has 0 radical (unpaired) electrons. The van der Waals surface area contributed by atoms with Crippen LogP contribution in [0.25, 0.3) is 12.2 Å². The van der Waals surface area contributed by atoms with Crippen LogP contribution < -0.4 is 0 Å². The maximum atomic E-state index is 4.85. The van der Waals surface area contributed by atoms with E-state index in [9.17, 15) is 0 Å². The van der Waals surface area contributed by atoms with Crippen molar-refractivity contribution < 1.29 is 0 Å². The molecule has 0 saturated heterocycles. The molecule has 1 aromatic carbocycles. The average molecular weight is 217 g/mol. The molecule has 0 aliphatic carbocycles. The van der Waals surface area contributed by atoms with Gasteiger partial charge in [-0.1, -0.05) is 35.9 Å². The summed E-state index contributed by atoms with van der Waals surface area (Å²) in [6, 6.07) is 8.28. The predicted molar refractivity (Wildman–Crippen MR) is 63.9 cm³/mol. The first-order chi connectivity index (χ1) is 7.24. The Kier molecular flexibility index (Phi) is 2.78. The summed E-state index contributed by atoms with van der Waals surface area (Å²) in [5, 5.41) is 5.60. The highest BCUT2D eigenvalue weighted by atomic mass is 32.1. The Labute approximate surface area is 92.9 Å². The maximum absolute atomic E-state index is 4.85. The molecule has 0 aliphatic heterocycles. The lowest BCUT2D eigenvalue weighted by atomic mass is 10.1. The van der Waals surface area contributed by atoms with Gasteiger partial charge in [0.1, 0.15) is 5.82 Å². The van der Waals surface area contributed by atoms with Gasteiger partial charge in [0.15, 0.2) is 0 Å². The number of hydrogen-bond acceptors (Lipinski definition) is 2. The summed E-state index contributed by atoms with van der Waals surface area (Å²) in [5.41, 5.74) is 2.40. The van der Waals surface area contributed by atoms with Crippen LogP contribution in [0.4, 0.5) is 0 Å². The van der Waals surface area contributed by atoms with Crippen LogP contribution in [-0.2, 0) is 0 Å². The molecule has 2 aromatic rings. The molecule has 0 aliphatic rings. The predicted octanol–water partition coefficient (Wildman–Crippen LogP) is 2.95. The molecule has 1 heterocycles. The fraction of sp³-hybridized carbons (Fsp3) is 0.0909. The van der Waals surface area contributed by atoms with Crippen LogP contribution in [-0.4, -0.2) is 15.2 Å². The van der Waals surface area contributed by atoms with Crippen LogP contribution in [0.5, 0.6) is 0 Å².